The molecule has 0 N–H and O–H groups in total. The molecular weight excluding hydrogens is 354 g/mol. The Morgan fingerprint density at radius 3 is 2.48 bits per heavy atom. The Morgan fingerprint density at radius 2 is 1.95 bits per heavy atom. The van der Waals surface area contributed by atoms with Crippen LogP contribution in [0.5, 0.6) is 0 Å². The molecule has 1 saturated heterocycles. The number of carbonyl (C=O) groups is 1. The largest absolute Gasteiger partial charge is 0.336 e. The molecule has 1 aromatic carbocycles. The summed E-state index contributed by atoms with van der Waals surface area (Å²) >= 11 is 9.47. The number of hydrogen-bond acceptors (Lipinski definition) is 3. The fourth-order valence-corrected chi connectivity index (χ4v) is 3.13. The van der Waals surface area contributed by atoms with Gasteiger partial charge in [0.05, 0.1) is 16.7 Å². The highest BCUT2D eigenvalue weighted by molar-refractivity contribution is 9.10. The van der Waals surface area contributed by atoms with Crippen molar-refractivity contribution in [2.24, 2.45) is 0 Å². The summed E-state index contributed by atoms with van der Waals surface area (Å²) in [6.07, 6.45) is 0. The van der Waals surface area contributed by atoms with Crippen LogP contribution >= 0.6 is 27.5 Å². The molecule has 1 aliphatic rings. The van der Waals surface area contributed by atoms with Crippen molar-refractivity contribution in [3.8, 4) is 6.07 Å². The van der Waals surface area contributed by atoms with E-state index in [4.69, 9.17) is 16.9 Å². The molecule has 0 atom stereocenters. The van der Waals surface area contributed by atoms with Gasteiger partial charge in [-0.15, -0.1) is 0 Å². The molecule has 1 fully saturated rings. The molecule has 0 saturated carbocycles. The number of halogens is 2. The Hall–Kier alpha value is -1.09. The van der Waals surface area contributed by atoms with Crippen LogP contribution in [0.4, 0.5) is 0 Å². The zero-order valence-electron chi connectivity index (χ0n) is 12.1. The molecule has 1 amide bonds. The first-order valence-electron chi connectivity index (χ1n) is 6.76. The smallest absolute Gasteiger partial charge is 0.255 e. The van der Waals surface area contributed by atoms with Gasteiger partial charge in [0, 0.05) is 30.7 Å². The monoisotopic (exact) mass is 369 g/mol. The molecule has 0 aliphatic carbocycles. The highest BCUT2D eigenvalue weighted by Crippen LogP contribution is 2.24. The van der Waals surface area contributed by atoms with Gasteiger partial charge in [-0.2, -0.15) is 5.26 Å². The molecule has 6 heteroatoms. The minimum absolute atomic E-state index is 0.0538. The van der Waals surface area contributed by atoms with Crippen molar-refractivity contribution in [1.29, 1.82) is 5.26 Å². The summed E-state index contributed by atoms with van der Waals surface area (Å²) in [5, 5.41) is 9.62. The van der Waals surface area contributed by atoms with Gasteiger partial charge in [-0.3, -0.25) is 9.69 Å². The first kappa shape index (κ1) is 16.3. The molecule has 0 spiro atoms. The van der Waals surface area contributed by atoms with E-state index in [2.05, 4.69) is 26.9 Å². The van der Waals surface area contributed by atoms with Gasteiger partial charge < -0.3 is 4.90 Å². The number of amides is 1. The van der Waals surface area contributed by atoms with Crippen molar-refractivity contribution >= 4 is 33.4 Å². The first-order valence-corrected chi connectivity index (χ1v) is 7.93. The molecule has 4 nitrogen and oxygen atoms in total. The van der Waals surface area contributed by atoms with E-state index >= 15 is 0 Å². The fourth-order valence-electron chi connectivity index (χ4n) is 2.37. The Bertz CT molecular complexity index is 589. The van der Waals surface area contributed by atoms with Crippen molar-refractivity contribution in [1.82, 2.24) is 9.80 Å². The van der Waals surface area contributed by atoms with Gasteiger partial charge in [0.25, 0.3) is 5.91 Å². The van der Waals surface area contributed by atoms with Crippen LogP contribution in [-0.2, 0) is 0 Å². The Labute approximate surface area is 138 Å². The second-order valence-electron chi connectivity index (χ2n) is 5.57. The summed E-state index contributed by atoms with van der Waals surface area (Å²) in [5.41, 5.74) is 0.0255. The van der Waals surface area contributed by atoms with Crippen molar-refractivity contribution in [3.63, 3.8) is 0 Å². The molecule has 0 unspecified atom stereocenters. The van der Waals surface area contributed by atoms with Crippen molar-refractivity contribution in [2.45, 2.75) is 19.4 Å². The first-order chi connectivity index (χ1) is 9.85. The molecule has 112 valence electrons. The third kappa shape index (κ3) is 3.57. The van der Waals surface area contributed by atoms with E-state index in [0.717, 1.165) is 4.47 Å². The predicted octanol–water partition coefficient (Wildman–Crippen LogP) is 3.16. The lowest BCUT2D eigenvalue weighted by Crippen LogP contribution is -2.55. The zero-order chi connectivity index (χ0) is 15.6. The minimum Gasteiger partial charge on any atom is -0.336 e. The third-order valence-corrected chi connectivity index (χ3v) is 4.60. The minimum atomic E-state index is -0.496. The van der Waals surface area contributed by atoms with Crippen molar-refractivity contribution in [3.05, 3.63) is 33.3 Å². The van der Waals surface area contributed by atoms with E-state index in [9.17, 15) is 4.79 Å². The average Bonchev–Trinajstić information content (AvgIpc) is 2.47. The standard InChI is InChI=1S/C15H17BrClN3O/c1-15(2,10-18)20-7-5-19(6-8-20)14(21)12-4-3-11(16)9-13(12)17/h3-4,9H,5-8H2,1-2H3. The van der Waals surface area contributed by atoms with E-state index in [1.807, 2.05) is 19.9 Å². The summed E-state index contributed by atoms with van der Waals surface area (Å²) in [5.74, 6) is -0.0538. The molecule has 1 aromatic rings. The van der Waals surface area contributed by atoms with Crippen molar-refractivity contribution < 1.29 is 4.79 Å². The lowest BCUT2D eigenvalue weighted by molar-refractivity contribution is 0.0521. The van der Waals surface area contributed by atoms with Gasteiger partial charge in [0.1, 0.15) is 5.54 Å². The van der Waals surface area contributed by atoms with Crippen molar-refractivity contribution in [2.75, 3.05) is 26.2 Å². The number of hydrogen-bond donors (Lipinski definition) is 0. The van der Waals surface area contributed by atoms with Crippen LogP contribution in [-0.4, -0.2) is 47.4 Å². The molecule has 0 aromatic heterocycles. The van der Waals surface area contributed by atoms with E-state index in [1.54, 1.807) is 17.0 Å². The quantitative estimate of drug-likeness (QED) is 0.803. The van der Waals surface area contributed by atoms with Crippen LogP contribution < -0.4 is 0 Å². The number of nitrogens with zero attached hydrogens (tertiary/aromatic N) is 3. The second kappa shape index (κ2) is 6.35. The maximum Gasteiger partial charge on any atom is 0.255 e. The number of piperazine rings is 1. The van der Waals surface area contributed by atoms with E-state index in [0.29, 0.717) is 36.8 Å². The van der Waals surface area contributed by atoms with Gasteiger partial charge in [0.15, 0.2) is 0 Å². The van der Waals surface area contributed by atoms with Gasteiger partial charge in [-0.05, 0) is 32.0 Å². The summed E-state index contributed by atoms with van der Waals surface area (Å²) in [6, 6.07) is 7.57. The summed E-state index contributed by atoms with van der Waals surface area (Å²) in [6.45, 7) is 6.40. The lowest BCUT2D eigenvalue weighted by Gasteiger charge is -2.40. The maximum absolute atomic E-state index is 12.5. The Kier molecular flexibility index (Phi) is 4.92. The van der Waals surface area contributed by atoms with Gasteiger partial charge >= 0.3 is 0 Å². The molecule has 1 heterocycles. The van der Waals surface area contributed by atoms with Crippen LogP contribution in [0.25, 0.3) is 0 Å². The molecule has 1 aliphatic heterocycles. The Balaban J connectivity index is 2.06. The lowest BCUT2D eigenvalue weighted by atomic mass is 10.0. The van der Waals surface area contributed by atoms with Gasteiger partial charge in [-0.25, -0.2) is 0 Å². The average molecular weight is 371 g/mol. The molecule has 0 bridgehead atoms. The highest BCUT2D eigenvalue weighted by atomic mass is 79.9. The number of rotatable bonds is 2. The maximum atomic E-state index is 12.5. The van der Waals surface area contributed by atoms with Gasteiger partial charge in [0.2, 0.25) is 0 Å². The normalized spacial score (nSPS) is 16.6. The van der Waals surface area contributed by atoms with Crippen LogP contribution in [0.3, 0.4) is 0 Å². The zero-order valence-corrected chi connectivity index (χ0v) is 14.4. The van der Waals surface area contributed by atoms with E-state index < -0.39 is 5.54 Å². The van der Waals surface area contributed by atoms with Gasteiger partial charge in [-0.1, -0.05) is 27.5 Å². The molecule has 2 rings (SSSR count). The highest BCUT2D eigenvalue weighted by Gasteiger charge is 2.31. The molecular formula is C15H17BrClN3O. The molecule has 21 heavy (non-hydrogen) atoms. The summed E-state index contributed by atoms with van der Waals surface area (Å²) in [4.78, 5) is 16.4. The van der Waals surface area contributed by atoms with Crippen LogP contribution in [0.15, 0.2) is 22.7 Å². The fraction of sp³-hybridized carbons (Fsp3) is 0.467. The van der Waals surface area contributed by atoms with E-state index in [1.165, 1.54) is 0 Å². The summed E-state index contributed by atoms with van der Waals surface area (Å²) in [7, 11) is 0. The van der Waals surface area contributed by atoms with Crippen LogP contribution in [0, 0.1) is 11.3 Å². The summed E-state index contributed by atoms with van der Waals surface area (Å²) < 4.78 is 0.852. The third-order valence-electron chi connectivity index (χ3n) is 3.79. The topological polar surface area (TPSA) is 47.3 Å². The Morgan fingerprint density at radius 1 is 1.33 bits per heavy atom. The molecule has 0 radical (unpaired) electrons. The number of nitriles is 1. The second-order valence-corrected chi connectivity index (χ2v) is 6.90. The predicted molar refractivity (Wildman–Crippen MR) is 86.3 cm³/mol. The van der Waals surface area contributed by atoms with Crippen LogP contribution in [0.2, 0.25) is 5.02 Å². The van der Waals surface area contributed by atoms with E-state index in [-0.39, 0.29) is 5.91 Å². The SMILES string of the molecule is CC(C)(C#N)N1CCN(C(=O)c2ccc(Br)cc2Cl)CC1. The number of carbonyl (C=O) groups excluding carboxylic acids is 1. The number of benzene rings is 1. The van der Waals surface area contributed by atoms with Crippen LogP contribution in [0.1, 0.15) is 24.2 Å².